The Kier molecular flexibility index (Phi) is 4.96. The van der Waals surface area contributed by atoms with Gasteiger partial charge in [0, 0.05) is 38.4 Å². The van der Waals surface area contributed by atoms with Crippen LogP contribution in [-0.2, 0) is 18.4 Å². The molecule has 3 rings (SSSR count). The van der Waals surface area contributed by atoms with E-state index in [0.717, 1.165) is 34.5 Å². The number of rotatable bonds is 4. The second kappa shape index (κ2) is 7.03. The predicted molar refractivity (Wildman–Crippen MR) is 101 cm³/mol. The summed E-state index contributed by atoms with van der Waals surface area (Å²) in [6.07, 6.45) is 3.59. The number of nitrogens with zero attached hydrogens (tertiary/aromatic N) is 4. The summed E-state index contributed by atoms with van der Waals surface area (Å²) < 4.78 is 1.71. The number of carbonyl (C=O) groups is 2. The second-order valence-corrected chi connectivity index (χ2v) is 7.17. The van der Waals surface area contributed by atoms with Crippen molar-refractivity contribution in [2.24, 2.45) is 7.05 Å². The van der Waals surface area contributed by atoms with E-state index in [2.05, 4.69) is 23.0 Å². The zero-order chi connectivity index (χ0) is 19.0. The van der Waals surface area contributed by atoms with Gasteiger partial charge in [0.15, 0.2) is 5.78 Å². The summed E-state index contributed by atoms with van der Waals surface area (Å²) in [5.41, 5.74) is 6.05. The lowest BCUT2D eigenvalue weighted by atomic mass is 9.91. The quantitative estimate of drug-likeness (QED) is 0.791. The van der Waals surface area contributed by atoms with Gasteiger partial charge in [0.25, 0.3) is 0 Å². The van der Waals surface area contributed by atoms with Gasteiger partial charge in [-0.1, -0.05) is 6.07 Å². The van der Waals surface area contributed by atoms with E-state index in [4.69, 9.17) is 0 Å². The van der Waals surface area contributed by atoms with Crippen LogP contribution in [0.2, 0.25) is 0 Å². The van der Waals surface area contributed by atoms with Crippen LogP contribution in [0.3, 0.4) is 0 Å². The summed E-state index contributed by atoms with van der Waals surface area (Å²) in [5, 5.41) is 4.15. The molecule has 26 heavy (non-hydrogen) atoms. The summed E-state index contributed by atoms with van der Waals surface area (Å²) >= 11 is 0. The van der Waals surface area contributed by atoms with Gasteiger partial charge < -0.3 is 4.90 Å². The van der Waals surface area contributed by atoms with Gasteiger partial charge in [0.1, 0.15) is 0 Å². The second-order valence-electron chi connectivity index (χ2n) is 7.17. The van der Waals surface area contributed by atoms with E-state index in [-0.39, 0.29) is 11.7 Å². The summed E-state index contributed by atoms with van der Waals surface area (Å²) in [7, 11) is 1.85. The number of carbonyl (C=O) groups excluding carboxylic acids is 2. The average molecular weight is 354 g/mol. The van der Waals surface area contributed by atoms with Crippen LogP contribution in [0.5, 0.6) is 0 Å². The van der Waals surface area contributed by atoms with Gasteiger partial charge in [0.05, 0.1) is 18.4 Å². The molecule has 0 atom stereocenters. The minimum Gasteiger partial charge on any atom is -0.307 e. The maximum Gasteiger partial charge on any atom is 0.241 e. The Morgan fingerprint density at radius 1 is 1.19 bits per heavy atom. The highest BCUT2D eigenvalue weighted by Crippen LogP contribution is 2.25. The number of piperazine rings is 1. The fourth-order valence-electron chi connectivity index (χ4n) is 3.91. The molecule has 0 unspecified atom stereocenters. The first kappa shape index (κ1) is 18.3. The van der Waals surface area contributed by atoms with Crippen molar-refractivity contribution in [1.82, 2.24) is 14.7 Å². The smallest absolute Gasteiger partial charge is 0.241 e. The number of aromatic nitrogens is 2. The molecular formula is C20H26N4O2. The van der Waals surface area contributed by atoms with E-state index < -0.39 is 0 Å². The molecule has 0 bridgehead atoms. The molecule has 0 aliphatic carbocycles. The molecule has 0 radical (unpaired) electrons. The lowest BCUT2D eigenvalue weighted by Crippen LogP contribution is -2.50. The van der Waals surface area contributed by atoms with Gasteiger partial charge in [-0.15, -0.1) is 0 Å². The summed E-state index contributed by atoms with van der Waals surface area (Å²) in [6, 6.07) is 2.08. The first-order valence-corrected chi connectivity index (χ1v) is 8.90. The van der Waals surface area contributed by atoms with Crippen LogP contribution in [0.25, 0.3) is 0 Å². The van der Waals surface area contributed by atoms with E-state index in [1.54, 1.807) is 22.7 Å². The molecule has 1 aliphatic rings. The van der Waals surface area contributed by atoms with Crippen LogP contribution in [0.4, 0.5) is 5.69 Å². The first-order valence-electron chi connectivity index (χ1n) is 8.90. The number of Topliss-reactive ketones (excluding diaryl/α,β-unsaturated/α-hetero) is 1. The van der Waals surface area contributed by atoms with Crippen molar-refractivity contribution in [3.05, 3.63) is 46.3 Å². The van der Waals surface area contributed by atoms with Crippen LogP contribution in [-0.4, -0.2) is 46.0 Å². The van der Waals surface area contributed by atoms with Gasteiger partial charge >= 0.3 is 0 Å². The highest BCUT2D eigenvalue weighted by atomic mass is 16.2. The molecule has 6 heteroatoms. The topological polar surface area (TPSA) is 58.4 Å². The third kappa shape index (κ3) is 3.42. The normalized spacial score (nSPS) is 15.6. The molecule has 0 spiro atoms. The fraction of sp³-hybridized carbons (Fsp3) is 0.450. The molecule has 1 aromatic heterocycles. The van der Waals surface area contributed by atoms with Gasteiger partial charge in [-0.05, 0) is 49.9 Å². The van der Waals surface area contributed by atoms with Crippen molar-refractivity contribution in [2.45, 2.75) is 34.2 Å². The van der Waals surface area contributed by atoms with Crippen molar-refractivity contribution in [3.8, 4) is 0 Å². The minimum atomic E-state index is 0.0819. The zero-order valence-corrected chi connectivity index (χ0v) is 16.2. The molecule has 1 amide bonds. The highest BCUT2D eigenvalue weighted by molar-refractivity contribution is 5.97. The monoisotopic (exact) mass is 354 g/mol. The van der Waals surface area contributed by atoms with Crippen molar-refractivity contribution < 1.29 is 9.59 Å². The molecule has 1 fully saturated rings. The number of hydrogen-bond donors (Lipinski definition) is 0. The van der Waals surface area contributed by atoms with Gasteiger partial charge in [-0.25, -0.2) is 0 Å². The Morgan fingerprint density at radius 3 is 2.50 bits per heavy atom. The zero-order valence-electron chi connectivity index (χ0n) is 16.2. The Bertz CT molecular complexity index is 869. The third-order valence-electron chi connectivity index (χ3n) is 5.17. The maximum absolute atomic E-state index is 12.6. The number of amides is 1. The molecule has 0 N–H and O–H groups in total. The van der Waals surface area contributed by atoms with Gasteiger partial charge in [-0.3, -0.25) is 19.2 Å². The highest BCUT2D eigenvalue weighted by Gasteiger charge is 2.27. The first-order chi connectivity index (χ1) is 12.3. The number of hydrogen-bond acceptors (Lipinski definition) is 4. The summed E-state index contributed by atoms with van der Waals surface area (Å²) in [6.45, 7) is 10.2. The van der Waals surface area contributed by atoms with Crippen molar-refractivity contribution >= 4 is 17.4 Å². The molecular weight excluding hydrogens is 328 g/mol. The molecule has 138 valence electrons. The van der Waals surface area contributed by atoms with Crippen LogP contribution < -0.4 is 4.90 Å². The number of anilines is 1. The summed E-state index contributed by atoms with van der Waals surface area (Å²) in [4.78, 5) is 28.6. The molecule has 2 heterocycles. The Morgan fingerprint density at radius 2 is 1.92 bits per heavy atom. The fourth-order valence-corrected chi connectivity index (χ4v) is 3.91. The number of ketones is 1. The van der Waals surface area contributed by atoms with Crippen LogP contribution in [0.15, 0.2) is 18.5 Å². The van der Waals surface area contributed by atoms with Gasteiger partial charge in [-0.2, -0.15) is 5.10 Å². The SMILES string of the molecule is CC(=O)c1c(C)cc(C)c(CN2CCN(c3cnn(C)c3)C(=O)C2)c1C. The Hall–Kier alpha value is -2.47. The third-order valence-corrected chi connectivity index (χ3v) is 5.17. The van der Waals surface area contributed by atoms with Gasteiger partial charge in [0.2, 0.25) is 5.91 Å². The van der Waals surface area contributed by atoms with Crippen LogP contribution in [0, 0.1) is 20.8 Å². The van der Waals surface area contributed by atoms with E-state index in [0.29, 0.717) is 19.6 Å². The van der Waals surface area contributed by atoms with E-state index in [9.17, 15) is 9.59 Å². The maximum atomic E-state index is 12.6. The lowest BCUT2D eigenvalue weighted by molar-refractivity contribution is -0.121. The van der Waals surface area contributed by atoms with E-state index in [1.807, 2.05) is 27.1 Å². The molecule has 0 saturated carbocycles. The number of aryl methyl sites for hydroxylation is 3. The van der Waals surface area contributed by atoms with Crippen molar-refractivity contribution in [1.29, 1.82) is 0 Å². The number of benzene rings is 1. The Balaban J connectivity index is 1.78. The van der Waals surface area contributed by atoms with Crippen molar-refractivity contribution in [2.75, 3.05) is 24.5 Å². The molecule has 2 aromatic rings. The van der Waals surface area contributed by atoms with Crippen LogP contribution in [0.1, 0.15) is 39.5 Å². The minimum absolute atomic E-state index is 0.0819. The average Bonchev–Trinajstić information content (AvgIpc) is 2.97. The Labute approximate surface area is 154 Å². The van der Waals surface area contributed by atoms with E-state index in [1.165, 1.54) is 5.56 Å². The molecule has 1 aromatic carbocycles. The van der Waals surface area contributed by atoms with Crippen LogP contribution >= 0.6 is 0 Å². The largest absolute Gasteiger partial charge is 0.307 e. The predicted octanol–water partition coefficient (Wildman–Crippen LogP) is 2.40. The summed E-state index contributed by atoms with van der Waals surface area (Å²) in [5.74, 6) is 0.178. The lowest BCUT2D eigenvalue weighted by Gasteiger charge is -2.34. The molecule has 6 nitrogen and oxygen atoms in total. The molecule has 1 saturated heterocycles. The van der Waals surface area contributed by atoms with E-state index >= 15 is 0 Å². The van der Waals surface area contributed by atoms with Crippen molar-refractivity contribution in [3.63, 3.8) is 0 Å². The molecule has 1 aliphatic heterocycles. The standard InChI is InChI=1S/C20H26N4O2/c1-13-8-14(2)20(16(4)25)15(3)18(13)11-23-6-7-24(19(26)12-23)17-9-21-22(5)10-17/h8-10H,6-7,11-12H2,1-5H3.